The van der Waals surface area contributed by atoms with Crippen LogP contribution in [-0.4, -0.2) is 76.5 Å². The Balaban J connectivity index is 1.57. The van der Waals surface area contributed by atoms with E-state index in [1.165, 1.54) is 9.80 Å². The van der Waals surface area contributed by atoms with Crippen LogP contribution < -0.4 is 9.80 Å². The number of alkyl halides is 1. The van der Waals surface area contributed by atoms with Crippen molar-refractivity contribution in [1.82, 2.24) is 4.90 Å². The van der Waals surface area contributed by atoms with E-state index in [2.05, 4.69) is 29.1 Å². The number of hydrogen-bond acceptors (Lipinski definition) is 5. The normalized spacial score (nSPS) is 28.3. The summed E-state index contributed by atoms with van der Waals surface area (Å²) in [5, 5.41) is 10.4. The van der Waals surface area contributed by atoms with Crippen molar-refractivity contribution in [1.29, 1.82) is 0 Å². The second-order valence-electron chi connectivity index (χ2n) is 10.2. The van der Waals surface area contributed by atoms with Gasteiger partial charge in [-0.05, 0) is 42.8 Å². The Morgan fingerprint density at radius 1 is 1.05 bits per heavy atom. The van der Waals surface area contributed by atoms with E-state index in [9.17, 15) is 19.5 Å². The number of fused-ring (bicyclic) bond motifs is 1. The number of benzene rings is 2. The van der Waals surface area contributed by atoms with Gasteiger partial charge in [0.05, 0.1) is 24.5 Å². The maximum atomic E-state index is 14.4. The molecule has 10 heteroatoms. The van der Waals surface area contributed by atoms with Gasteiger partial charge in [0, 0.05) is 40.9 Å². The number of nitrogens with zero attached hydrogens (tertiary/aromatic N) is 3. The highest BCUT2D eigenvalue weighted by Crippen LogP contribution is 2.60. The fraction of sp³-hybridized carbons (Fsp3) is 0.367. The third-order valence-corrected chi connectivity index (χ3v) is 9.11. The number of amides is 3. The number of aliphatic hydroxyl groups is 1. The number of aliphatic hydroxyl groups excluding tert-OH is 1. The lowest BCUT2D eigenvalue weighted by Gasteiger charge is -2.37. The van der Waals surface area contributed by atoms with E-state index in [4.69, 9.17) is 16.3 Å². The first-order chi connectivity index (χ1) is 19.3. The first-order valence-corrected chi connectivity index (χ1v) is 14.5. The van der Waals surface area contributed by atoms with Crippen molar-refractivity contribution in [2.75, 3.05) is 36.0 Å². The molecule has 3 aliphatic rings. The summed E-state index contributed by atoms with van der Waals surface area (Å²) in [5.74, 6) is -2.71. The minimum absolute atomic E-state index is 0.0625. The molecule has 1 spiro atoms. The highest BCUT2D eigenvalue weighted by Gasteiger charge is 2.77. The average Bonchev–Trinajstić information content (AvgIpc) is 3.54. The number of carbonyl (C=O) groups is 3. The monoisotopic (exact) mass is 627 g/mol. The molecule has 40 heavy (non-hydrogen) atoms. The van der Waals surface area contributed by atoms with E-state index in [1.807, 2.05) is 30.3 Å². The third-order valence-electron chi connectivity index (χ3n) is 8.01. The molecule has 5 rings (SSSR count). The summed E-state index contributed by atoms with van der Waals surface area (Å²) in [6.07, 6.45) is 3.01. The van der Waals surface area contributed by atoms with Crippen LogP contribution in [0.2, 0.25) is 5.02 Å². The minimum atomic E-state index is -1.25. The predicted molar refractivity (Wildman–Crippen MR) is 157 cm³/mol. The molecule has 6 atom stereocenters. The zero-order valence-electron chi connectivity index (χ0n) is 21.9. The van der Waals surface area contributed by atoms with Gasteiger partial charge in [-0.15, -0.1) is 13.2 Å². The maximum Gasteiger partial charge on any atom is 0.253 e. The topological polar surface area (TPSA) is 90.4 Å². The minimum Gasteiger partial charge on any atom is -0.395 e. The first-order valence-electron chi connectivity index (χ1n) is 13.2. The Morgan fingerprint density at radius 2 is 1.65 bits per heavy atom. The molecule has 0 radical (unpaired) electrons. The van der Waals surface area contributed by atoms with E-state index >= 15 is 0 Å². The van der Waals surface area contributed by atoms with Crippen LogP contribution in [0.25, 0.3) is 0 Å². The van der Waals surface area contributed by atoms with E-state index in [-0.39, 0.29) is 48.8 Å². The van der Waals surface area contributed by atoms with Crippen molar-refractivity contribution >= 4 is 56.6 Å². The fourth-order valence-electron chi connectivity index (χ4n) is 6.50. The van der Waals surface area contributed by atoms with Gasteiger partial charge >= 0.3 is 0 Å². The Morgan fingerprint density at radius 3 is 2.25 bits per heavy atom. The summed E-state index contributed by atoms with van der Waals surface area (Å²) in [7, 11) is 0. The number of ether oxygens (including phenoxy) is 1. The number of halogens is 2. The van der Waals surface area contributed by atoms with Gasteiger partial charge in [0.2, 0.25) is 11.8 Å². The van der Waals surface area contributed by atoms with Gasteiger partial charge in [-0.3, -0.25) is 14.4 Å². The van der Waals surface area contributed by atoms with Crippen LogP contribution in [-0.2, 0) is 19.1 Å². The largest absolute Gasteiger partial charge is 0.395 e. The van der Waals surface area contributed by atoms with Gasteiger partial charge in [0.25, 0.3) is 5.91 Å². The van der Waals surface area contributed by atoms with Crippen LogP contribution in [0.15, 0.2) is 79.9 Å². The summed E-state index contributed by atoms with van der Waals surface area (Å²) < 4.78 is 6.60. The molecule has 2 aromatic carbocycles. The van der Waals surface area contributed by atoms with Gasteiger partial charge in [0.1, 0.15) is 11.6 Å². The number of hydrogen-bond donors (Lipinski definition) is 1. The number of β-amino-alcohol motifs (C(OH)–C–C–N with tert-alkyl or cyclic N) is 1. The summed E-state index contributed by atoms with van der Waals surface area (Å²) in [5.41, 5.74) is 0.0214. The molecule has 8 nitrogen and oxygen atoms in total. The van der Waals surface area contributed by atoms with Crippen molar-refractivity contribution in [3.8, 4) is 0 Å². The summed E-state index contributed by atoms with van der Waals surface area (Å²) in [4.78, 5) is 47.0. The highest BCUT2D eigenvalue weighted by molar-refractivity contribution is 9.09. The van der Waals surface area contributed by atoms with Crippen LogP contribution in [0, 0.1) is 11.8 Å². The number of carbonyl (C=O) groups excluding carboxylic acids is 3. The Hall–Kier alpha value is -2.98. The number of para-hydroxylation sites is 1. The lowest BCUT2D eigenvalue weighted by atomic mass is 9.70. The van der Waals surface area contributed by atoms with Gasteiger partial charge < -0.3 is 24.5 Å². The van der Waals surface area contributed by atoms with Gasteiger partial charge in [-0.2, -0.15) is 0 Å². The molecule has 3 aliphatic heterocycles. The van der Waals surface area contributed by atoms with Gasteiger partial charge in [-0.25, -0.2) is 0 Å². The zero-order valence-corrected chi connectivity index (χ0v) is 24.2. The number of anilines is 2. The lowest BCUT2D eigenvalue weighted by molar-refractivity contribution is -0.141. The first kappa shape index (κ1) is 28.5. The molecule has 3 fully saturated rings. The van der Waals surface area contributed by atoms with Crippen molar-refractivity contribution in [2.24, 2.45) is 11.8 Å². The molecule has 3 saturated heterocycles. The quantitative estimate of drug-likeness (QED) is 0.319. The van der Waals surface area contributed by atoms with Crippen molar-refractivity contribution in [2.45, 2.75) is 29.0 Å². The highest BCUT2D eigenvalue weighted by atomic mass is 79.9. The fourth-order valence-corrected chi connectivity index (χ4v) is 7.57. The number of likely N-dealkylation sites (tertiary alicyclic amines) is 1. The average molecular weight is 629 g/mol. The smallest absolute Gasteiger partial charge is 0.253 e. The molecule has 0 aliphatic carbocycles. The predicted octanol–water partition coefficient (Wildman–Crippen LogP) is 3.82. The van der Waals surface area contributed by atoms with Gasteiger partial charge in [0.15, 0.2) is 0 Å². The SMILES string of the molecule is C=CCN(C(=O)C1N(CCO)C(=O)[C@@H]2[C@@H](C(=O)N(CC=C)c3ccccc3)[C@@H]3OC12CC3Br)c1ccc(Cl)cc1. The Kier molecular flexibility index (Phi) is 8.20. The molecule has 0 aromatic heterocycles. The van der Waals surface area contributed by atoms with Crippen molar-refractivity contribution in [3.05, 3.63) is 84.9 Å². The molecule has 3 unspecified atom stereocenters. The van der Waals surface area contributed by atoms with E-state index in [0.717, 1.165) is 0 Å². The van der Waals surface area contributed by atoms with Crippen LogP contribution >= 0.6 is 27.5 Å². The molecule has 3 amide bonds. The summed E-state index contributed by atoms with van der Waals surface area (Å²) in [6, 6.07) is 15.0. The summed E-state index contributed by atoms with van der Waals surface area (Å²) in [6.45, 7) is 7.66. The van der Waals surface area contributed by atoms with E-state index in [0.29, 0.717) is 22.8 Å². The standard InChI is InChI=1S/C30H31BrClN3O5/c1-3-14-33(20-8-6-5-7-9-20)27(37)23-24-28(38)35(16-17-36)26(30(24)18-22(31)25(23)40-30)29(39)34(15-4-2)21-12-10-19(32)11-13-21/h3-13,22-26,36H,1-2,14-18H2/t22?,23-,24+,25-,26?,30?/m1/s1. The molecule has 2 aromatic rings. The van der Waals surface area contributed by atoms with Crippen LogP contribution in [0.4, 0.5) is 11.4 Å². The Bertz CT molecular complexity index is 1310. The molecule has 3 heterocycles. The molecule has 210 valence electrons. The van der Waals surface area contributed by atoms with Crippen molar-refractivity contribution < 1.29 is 24.2 Å². The lowest BCUT2D eigenvalue weighted by Crippen LogP contribution is -2.57. The van der Waals surface area contributed by atoms with Crippen LogP contribution in [0.5, 0.6) is 0 Å². The summed E-state index contributed by atoms with van der Waals surface area (Å²) >= 11 is 9.79. The van der Waals surface area contributed by atoms with E-state index < -0.39 is 29.6 Å². The number of rotatable bonds is 10. The van der Waals surface area contributed by atoms with Crippen LogP contribution in [0.3, 0.4) is 0 Å². The Labute approximate surface area is 247 Å². The van der Waals surface area contributed by atoms with Crippen LogP contribution in [0.1, 0.15) is 6.42 Å². The molecular weight excluding hydrogens is 598 g/mol. The second-order valence-corrected chi connectivity index (χ2v) is 11.8. The molecule has 1 N–H and O–H groups in total. The third kappa shape index (κ3) is 4.59. The van der Waals surface area contributed by atoms with Gasteiger partial charge in [-0.1, -0.05) is 57.9 Å². The molecule has 2 bridgehead atoms. The molecular formula is C30H31BrClN3O5. The second kappa shape index (κ2) is 11.5. The van der Waals surface area contributed by atoms with E-state index in [1.54, 1.807) is 41.3 Å². The maximum absolute atomic E-state index is 14.4. The molecule has 0 saturated carbocycles. The van der Waals surface area contributed by atoms with Crippen molar-refractivity contribution in [3.63, 3.8) is 0 Å². The zero-order chi connectivity index (χ0) is 28.6.